The standard InChI is InChI=1S/C13H19BrN4O2/c1-18(9-2-4-10(20)5-3-9)13-12(15-6-7-19)16-8-11(14)17-13/h7-10,20H,2-6H2,1H3,(H,15,16). The molecule has 2 rings (SSSR count). The van der Waals surface area contributed by atoms with Crippen LogP contribution in [0.2, 0.25) is 0 Å². The molecule has 1 aliphatic carbocycles. The first-order chi connectivity index (χ1) is 9.61. The second-order valence-corrected chi connectivity index (χ2v) is 5.80. The topological polar surface area (TPSA) is 78.4 Å². The minimum absolute atomic E-state index is 0.180. The van der Waals surface area contributed by atoms with Crippen LogP contribution < -0.4 is 10.2 Å². The molecule has 1 saturated carbocycles. The highest BCUT2D eigenvalue weighted by molar-refractivity contribution is 9.10. The van der Waals surface area contributed by atoms with Crippen LogP contribution in [0.15, 0.2) is 10.8 Å². The summed E-state index contributed by atoms with van der Waals surface area (Å²) in [5.74, 6) is 1.33. The number of hydrogen-bond donors (Lipinski definition) is 2. The van der Waals surface area contributed by atoms with Crippen molar-refractivity contribution in [3.8, 4) is 0 Å². The third kappa shape index (κ3) is 3.67. The summed E-state index contributed by atoms with van der Waals surface area (Å²) >= 11 is 3.33. The largest absolute Gasteiger partial charge is 0.393 e. The number of carbonyl (C=O) groups excluding carboxylic acids is 1. The van der Waals surface area contributed by atoms with Crippen LogP contribution in [0, 0.1) is 0 Å². The van der Waals surface area contributed by atoms with E-state index in [-0.39, 0.29) is 12.6 Å². The lowest BCUT2D eigenvalue weighted by atomic mass is 9.92. The molecule has 1 aromatic rings. The quantitative estimate of drug-likeness (QED) is 0.791. The van der Waals surface area contributed by atoms with Gasteiger partial charge in [-0.1, -0.05) is 0 Å². The van der Waals surface area contributed by atoms with Gasteiger partial charge in [0.25, 0.3) is 0 Å². The third-order valence-corrected chi connectivity index (χ3v) is 4.01. The molecule has 0 saturated heterocycles. The normalized spacial score (nSPS) is 22.4. The molecule has 20 heavy (non-hydrogen) atoms. The number of hydrogen-bond acceptors (Lipinski definition) is 6. The lowest BCUT2D eigenvalue weighted by Crippen LogP contribution is -2.37. The molecule has 0 amide bonds. The smallest absolute Gasteiger partial charge is 0.172 e. The van der Waals surface area contributed by atoms with Crippen molar-refractivity contribution in [2.45, 2.75) is 37.8 Å². The van der Waals surface area contributed by atoms with Gasteiger partial charge in [-0.3, -0.25) is 0 Å². The number of anilines is 2. The Kier molecular flexibility index (Phi) is 5.31. The molecule has 0 spiro atoms. The van der Waals surface area contributed by atoms with E-state index in [1.807, 2.05) is 7.05 Å². The Balaban J connectivity index is 2.16. The number of aromatic nitrogens is 2. The molecule has 0 bridgehead atoms. The van der Waals surface area contributed by atoms with E-state index in [4.69, 9.17) is 0 Å². The van der Waals surface area contributed by atoms with E-state index in [1.54, 1.807) is 6.20 Å². The minimum Gasteiger partial charge on any atom is -0.393 e. The van der Waals surface area contributed by atoms with Crippen LogP contribution >= 0.6 is 15.9 Å². The van der Waals surface area contributed by atoms with Crippen molar-refractivity contribution in [2.75, 3.05) is 23.8 Å². The number of nitrogens with one attached hydrogen (secondary N) is 1. The van der Waals surface area contributed by atoms with Crippen molar-refractivity contribution in [2.24, 2.45) is 0 Å². The summed E-state index contributed by atoms with van der Waals surface area (Å²) in [5.41, 5.74) is 0. The van der Waals surface area contributed by atoms with Crippen molar-refractivity contribution >= 4 is 33.9 Å². The van der Waals surface area contributed by atoms with Crippen LogP contribution in [0.4, 0.5) is 11.6 Å². The fraction of sp³-hybridized carbons (Fsp3) is 0.615. The maximum absolute atomic E-state index is 10.5. The van der Waals surface area contributed by atoms with Crippen LogP contribution in [0.3, 0.4) is 0 Å². The average Bonchev–Trinajstić information content (AvgIpc) is 2.46. The van der Waals surface area contributed by atoms with Gasteiger partial charge < -0.3 is 20.1 Å². The van der Waals surface area contributed by atoms with Crippen molar-refractivity contribution in [3.05, 3.63) is 10.8 Å². The van der Waals surface area contributed by atoms with Gasteiger partial charge in [-0.25, -0.2) is 9.97 Å². The van der Waals surface area contributed by atoms with Gasteiger partial charge in [-0.2, -0.15) is 0 Å². The van der Waals surface area contributed by atoms with E-state index in [1.165, 1.54) is 0 Å². The first-order valence-electron chi connectivity index (χ1n) is 6.72. The van der Waals surface area contributed by atoms with Crippen LogP contribution in [-0.4, -0.2) is 47.1 Å². The van der Waals surface area contributed by atoms with Gasteiger partial charge in [0, 0.05) is 13.1 Å². The fourth-order valence-electron chi connectivity index (χ4n) is 2.49. The Hall–Kier alpha value is -1.21. The van der Waals surface area contributed by atoms with Crippen molar-refractivity contribution in [1.82, 2.24) is 9.97 Å². The maximum atomic E-state index is 10.5. The molecule has 1 aliphatic rings. The van der Waals surface area contributed by atoms with Gasteiger partial charge in [-0.15, -0.1) is 0 Å². The summed E-state index contributed by atoms with van der Waals surface area (Å²) in [6, 6.07) is 0.332. The SMILES string of the molecule is CN(c1nc(Br)cnc1NCC=O)C1CCC(O)CC1. The second-order valence-electron chi connectivity index (χ2n) is 4.99. The van der Waals surface area contributed by atoms with Crippen LogP contribution in [0.5, 0.6) is 0 Å². The predicted molar refractivity (Wildman–Crippen MR) is 81.0 cm³/mol. The Bertz CT molecular complexity index is 464. The molecule has 0 aromatic carbocycles. The molecule has 1 heterocycles. The number of aldehydes is 1. The Morgan fingerprint density at radius 3 is 2.85 bits per heavy atom. The maximum Gasteiger partial charge on any atom is 0.172 e. The van der Waals surface area contributed by atoms with Crippen molar-refractivity contribution in [3.63, 3.8) is 0 Å². The highest BCUT2D eigenvalue weighted by Crippen LogP contribution is 2.29. The van der Waals surface area contributed by atoms with Crippen molar-refractivity contribution in [1.29, 1.82) is 0 Å². The number of aliphatic hydroxyl groups excluding tert-OH is 1. The lowest BCUT2D eigenvalue weighted by Gasteiger charge is -2.34. The molecular formula is C13H19BrN4O2. The zero-order valence-corrected chi connectivity index (χ0v) is 13.0. The summed E-state index contributed by atoms with van der Waals surface area (Å²) in [6.07, 6.45) is 5.71. The summed E-state index contributed by atoms with van der Waals surface area (Å²) < 4.78 is 0.659. The van der Waals surface area contributed by atoms with Crippen LogP contribution in [-0.2, 0) is 4.79 Å². The molecule has 1 aromatic heterocycles. The monoisotopic (exact) mass is 342 g/mol. The molecule has 7 heteroatoms. The molecular weight excluding hydrogens is 324 g/mol. The molecule has 0 atom stereocenters. The third-order valence-electron chi connectivity index (χ3n) is 3.63. The van der Waals surface area contributed by atoms with E-state index in [9.17, 15) is 9.90 Å². The van der Waals surface area contributed by atoms with E-state index in [0.717, 1.165) is 37.8 Å². The van der Waals surface area contributed by atoms with Gasteiger partial charge in [0.1, 0.15) is 10.9 Å². The minimum atomic E-state index is -0.180. The van der Waals surface area contributed by atoms with Crippen molar-refractivity contribution < 1.29 is 9.90 Å². The van der Waals surface area contributed by atoms with E-state index in [0.29, 0.717) is 16.5 Å². The zero-order valence-electron chi connectivity index (χ0n) is 11.4. The van der Waals surface area contributed by atoms with Gasteiger partial charge >= 0.3 is 0 Å². The summed E-state index contributed by atoms with van der Waals surface area (Å²) in [5, 5.41) is 12.6. The Morgan fingerprint density at radius 1 is 1.50 bits per heavy atom. The Morgan fingerprint density at radius 2 is 2.20 bits per heavy atom. The Labute approximate surface area is 126 Å². The average molecular weight is 343 g/mol. The van der Waals surface area contributed by atoms with E-state index in [2.05, 4.69) is 36.1 Å². The number of carbonyl (C=O) groups is 1. The van der Waals surface area contributed by atoms with Crippen LogP contribution in [0.25, 0.3) is 0 Å². The first-order valence-corrected chi connectivity index (χ1v) is 7.52. The predicted octanol–water partition coefficient (Wildman–Crippen LogP) is 1.59. The zero-order chi connectivity index (χ0) is 14.5. The number of nitrogens with zero attached hydrogens (tertiary/aromatic N) is 3. The number of rotatable bonds is 5. The first kappa shape index (κ1) is 15.2. The molecule has 1 fully saturated rings. The number of aliphatic hydroxyl groups is 1. The van der Waals surface area contributed by atoms with E-state index < -0.39 is 0 Å². The molecule has 0 aliphatic heterocycles. The van der Waals surface area contributed by atoms with Gasteiger partial charge in [0.05, 0.1) is 18.8 Å². The highest BCUT2D eigenvalue weighted by atomic mass is 79.9. The summed E-state index contributed by atoms with van der Waals surface area (Å²) in [4.78, 5) is 21.3. The molecule has 6 nitrogen and oxygen atoms in total. The summed E-state index contributed by atoms with van der Waals surface area (Å²) in [6.45, 7) is 0.209. The molecule has 0 radical (unpaired) electrons. The molecule has 0 unspecified atom stereocenters. The van der Waals surface area contributed by atoms with Gasteiger partial charge in [0.2, 0.25) is 0 Å². The molecule has 110 valence electrons. The van der Waals surface area contributed by atoms with Crippen LogP contribution in [0.1, 0.15) is 25.7 Å². The molecule has 2 N–H and O–H groups in total. The summed E-state index contributed by atoms with van der Waals surface area (Å²) in [7, 11) is 1.98. The highest BCUT2D eigenvalue weighted by Gasteiger charge is 2.25. The van der Waals surface area contributed by atoms with Gasteiger partial charge in [-0.05, 0) is 41.6 Å². The number of halogens is 1. The second kappa shape index (κ2) is 6.99. The fourth-order valence-corrected chi connectivity index (χ4v) is 2.76. The lowest BCUT2D eigenvalue weighted by molar-refractivity contribution is -0.106. The van der Waals surface area contributed by atoms with Gasteiger partial charge in [0.15, 0.2) is 11.6 Å². The van der Waals surface area contributed by atoms with E-state index >= 15 is 0 Å².